The van der Waals surface area contributed by atoms with Crippen molar-refractivity contribution in [2.45, 2.75) is 39.4 Å². The Balaban J connectivity index is 3.39. The second-order valence-corrected chi connectivity index (χ2v) is 13.9. The number of nitrogens with zero attached hydrogens (tertiary/aromatic N) is 2. The maximum Gasteiger partial charge on any atom is 0.310 e. The molecule has 2 atom stereocenters. The Kier molecular flexibility index (Phi) is 9.15. The van der Waals surface area contributed by atoms with Crippen LogP contribution >= 0.6 is 30.2 Å². The maximum absolute atomic E-state index is 14.0. The van der Waals surface area contributed by atoms with Crippen LogP contribution in [0.2, 0.25) is 0 Å². The number of carbonyl (C=O) groups is 1. The van der Waals surface area contributed by atoms with Gasteiger partial charge in [0.25, 0.3) is 5.91 Å². The first-order chi connectivity index (χ1) is 12.5. The van der Waals surface area contributed by atoms with E-state index in [2.05, 4.69) is 0 Å². The number of likely N-dealkylation sites (N-methyl/N-ethyl adjacent to an activating group) is 1. The van der Waals surface area contributed by atoms with E-state index in [1.54, 1.807) is 37.3 Å². The Bertz CT molecular complexity index is 815. The number of benzene rings is 1. The molecule has 1 aromatic carbocycles. The van der Waals surface area contributed by atoms with Gasteiger partial charge in [0, 0.05) is 18.8 Å². The van der Waals surface area contributed by atoms with Crippen molar-refractivity contribution in [2.75, 3.05) is 19.3 Å². The lowest BCUT2D eigenvalue weighted by atomic mass is 10.1. The minimum atomic E-state index is -3.80. The van der Waals surface area contributed by atoms with Gasteiger partial charge < -0.3 is 0 Å². The molecule has 0 aliphatic heterocycles. The van der Waals surface area contributed by atoms with Gasteiger partial charge in [-0.15, -0.1) is 4.08 Å². The number of rotatable bonds is 10. The molecule has 1 aromatic rings. The number of carbonyl (C=O) groups excluding carboxylic acids is 1. The highest BCUT2D eigenvalue weighted by Crippen LogP contribution is 2.66. The van der Waals surface area contributed by atoms with E-state index in [0.717, 1.165) is 20.1 Å². The fourth-order valence-electron chi connectivity index (χ4n) is 2.24. The van der Waals surface area contributed by atoms with E-state index in [0.29, 0.717) is 12.0 Å². The van der Waals surface area contributed by atoms with Gasteiger partial charge in [-0.1, -0.05) is 74.7 Å². The molecule has 1 amide bonds. The first kappa shape index (κ1) is 24.3. The van der Waals surface area contributed by atoms with Crippen LogP contribution in [-0.4, -0.2) is 52.5 Å². The second kappa shape index (κ2) is 10.2. The molecule has 0 heterocycles. The molecule has 0 saturated heterocycles. The standard InChI is InChI=1S/C17H27N2O4PS3/c1-6-14(4)26-24(21,19(7-2)27(22,23)8-3)18(5)17(20)16(25)15-12-10-9-11-13-15/h9-14H,6-8H2,1-5H3. The van der Waals surface area contributed by atoms with Crippen molar-refractivity contribution in [2.24, 2.45) is 0 Å². The van der Waals surface area contributed by atoms with E-state index in [1.807, 2.05) is 13.8 Å². The average molecular weight is 451 g/mol. The quantitative estimate of drug-likeness (QED) is 0.303. The Morgan fingerprint density at radius 2 is 1.78 bits per heavy atom. The lowest BCUT2D eigenvalue weighted by Crippen LogP contribution is -2.39. The highest BCUT2D eigenvalue weighted by molar-refractivity contribution is 8.58. The minimum Gasteiger partial charge on any atom is -0.271 e. The van der Waals surface area contributed by atoms with Crippen LogP contribution in [0.5, 0.6) is 0 Å². The molecule has 0 fully saturated rings. The summed E-state index contributed by atoms with van der Waals surface area (Å²) in [4.78, 5) is 13.0. The summed E-state index contributed by atoms with van der Waals surface area (Å²) >= 11 is 6.30. The summed E-state index contributed by atoms with van der Waals surface area (Å²) in [6, 6.07) is 8.70. The molecule has 0 N–H and O–H groups in total. The summed E-state index contributed by atoms with van der Waals surface area (Å²) in [5.74, 6) is -0.822. The Morgan fingerprint density at radius 1 is 1.22 bits per heavy atom. The summed E-state index contributed by atoms with van der Waals surface area (Å²) in [6.45, 7) is 3.09. The zero-order valence-corrected chi connectivity index (χ0v) is 19.6. The van der Waals surface area contributed by atoms with Crippen molar-refractivity contribution in [3.63, 3.8) is 0 Å². The molecular weight excluding hydrogens is 423 g/mol. The third kappa shape index (κ3) is 5.64. The van der Waals surface area contributed by atoms with Crippen LogP contribution in [-0.2, 0) is 19.4 Å². The largest absolute Gasteiger partial charge is 0.310 e. The molecule has 0 aliphatic carbocycles. The zero-order valence-electron chi connectivity index (χ0n) is 16.3. The first-order valence-corrected chi connectivity index (χ1v) is 13.8. The average Bonchev–Trinajstić information content (AvgIpc) is 2.66. The fourth-order valence-corrected chi connectivity index (χ4v) is 11.5. The van der Waals surface area contributed by atoms with Gasteiger partial charge in [-0.3, -0.25) is 14.0 Å². The first-order valence-electron chi connectivity index (χ1n) is 8.72. The van der Waals surface area contributed by atoms with Crippen molar-refractivity contribution < 1.29 is 17.8 Å². The van der Waals surface area contributed by atoms with Gasteiger partial charge in [0.2, 0.25) is 10.0 Å². The highest BCUT2D eigenvalue weighted by Gasteiger charge is 2.45. The third-order valence-electron chi connectivity index (χ3n) is 4.03. The molecule has 0 aromatic heterocycles. The van der Waals surface area contributed by atoms with Gasteiger partial charge in [0.1, 0.15) is 4.86 Å². The van der Waals surface area contributed by atoms with Crippen LogP contribution < -0.4 is 0 Å². The van der Waals surface area contributed by atoms with E-state index in [4.69, 9.17) is 12.2 Å². The van der Waals surface area contributed by atoms with E-state index in [-0.39, 0.29) is 22.4 Å². The summed E-state index contributed by atoms with van der Waals surface area (Å²) in [7, 11) is -2.42. The predicted octanol–water partition coefficient (Wildman–Crippen LogP) is 4.17. The Morgan fingerprint density at radius 3 is 2.22 bits per heavy atom. The Hall–Kier alpha value is -0.730. The number of amides is 1. The number of hydrogen-bond donors (Lipinski definition) is 0. The second-order valence-electron chi connectivity index (χ2n) is 5.88. The summed E-state index contributed by atoms with van der Waals surface area (Å²) in [5.41, 5.74) is 0.533. The molecule has 10 heteroatoms. The molecule has 0 aliphatic rings. The highest BCUT2D eigenvalue weighted by atomic mass is 32.7. The van der Waals surface area contributed by atoms with Gasteiger partial charge >= 0.3 is 6.65 Å². The Labute approximate surface area is 172 Å². The molecular formula is C17H27N2O4PS3. The topological polar surface area (TPSA) is 74.8 Å². The third-order valence-corrected chi connectivity index (χ3v) is 13.8. The molecule has 27 heavy (non-hydrogen) atoms. The smallest absolute Gasteiger partial charge is 0.271 e. The number of hydrogen-bond acceptors (Lipinski definition) is 6. The zero-order chi connectivity index (χ0) is 20.8. The van der Waals surface area contributed by atoms with Crippen LogP contribution in [0.25, 0.3) is 0 Å². The summed E-state index contributed by atoms with van der Waals surface area (Å²) in [6.07, 6.45) is 0.684. The van der Waals surface area contributed by atoms with E-state index in [1.165, 1.54) is 14.0 Å². The van der Waals surface area contributed by atoms with Crippen molar-refractivity contribution >= 4 is 51.0 Å². The van der Waals surface area contributed by atoms with Gasteiger partial charge in [0.05, 0.1) is 5.75 Å². The molecule has 0 bridgehead atoms. The van der Waals surface area contributed by atoms with Gasteiger partial charge in [-0.25, -0.2) is 8.42 Å². The van der Waals surface area contributed by atoms with Crippen molar-refractivity contribution in [1.29, 1.82) is 0 Å². The van der Waals surface area contributed by atoms with E-state index >= 15 is 0 Å². The van der Waals surface area contributed by atoms with Crippen LogP contribution in [0.1, 0.15) is 39.7 Å². The van der Waals surface area contributed by atoms with Crippen LogP contribution in [0.15, 0.2) is 30.3 Å². The lowest BCUT2D eigenvalue weighted by Gasteiger charge is -2.36. The van der Waals surface area contributed by atoms with Crippen LogP contribution in [0.4, 0.5) is 0 Å². The lowest BCUT2D eigenvalue weighted by molar-refractivity contribution is -0.118. The van der Waals surface area contributed by atoms with Crippen molar-refractivity contribution in [3.8, 4) is 0 Å². The van der Waals surface area contributed by atoms with Crippen LogP contribution in [0.3, 0.4) is 0 Å². The molecule has 0 saturated carbocycles. The van der Waals surface area contributed by atoms with Crippen LogP contribution in [0, 0.1) is 0 Å². The maximum atomic E-state index is 14.0. The van der Waals surface area contributed by atoms with Crippen molar-refractivity contribution in [3.05, 3.63) is 35.9 Å². The molecule has 152 valence electrons. The van der Waals surface area contributed by atoms with E-state index in [9.17, 15) is 17.8 Å². The predicted molar refractivity (Wildman–Crippen MR) is 118 cm³/mol. The SMILES string of the molecule is CCC(C)SP(=O)(N(C)C(=O)C(=S)c1ccccc1)N(CC)S(=O)(=O)CC. The molecule has 2 unspecified atom stereocenters. The fraction of sp³-hybridized carbons (Fsp3) is 0.529. The molecule has 6 nitrogen and oxygen atoms in total. The monoisotopic (exact) mass is 450 g/mol. The number of thiocarbonyl (C=S) groups is 1. The molecule has 0 radical (unpaired) electrons. The number of sulfonamides is 1. The van der Waals surface area contributed by atoms with Gasteiger partial charge in [-0.2, -0.15) is 0 Å². The molecule has 1 rings (SSSR count). The van der Waals surface area contributed by atoms with Gasteiger partial charge in [-0.05, 0) is 18.9 Å². The summed E-state index contributed by atoms with van der Waals surface area (Å²) in [5, 5.41) is -0.0995. The van der Waals surface area contributed by atoms with Crippen molar-refractivity contribution in [1.82, 2.24) is 8.75 Å². The normalized spacial score (nSPS) is 15.2. The summed E-state index contributed by atoms with van der Waals surface area (Å²) < 4.78 is 41.1. The van der Waals surface area contributed by atoms with Gasteiger partial charge in [0.15, 0.2) is 0 Å². The minimum absolute atomic E-state index is 0.00655. The molecule has 0 spiro atoms. The van der Waals surface area contributed by atoms with E-state index < -0.39 is 22.6 Å².